The van der Waals surface area contributed by atoms with Crippen LogP contribution in [-0.4, -0.2) is 116 Å². The Kier molecular flexibility index (Phi) is 7.94. The standard InChI is InChI=1S/C21H35O16P3/c1-10-13-16(35-38)20(33-10,6-28-13)8-30-40(25,26)37-18-15-12(3)34-21(18,7-29-15)9-31-39(23,24)36-17-14-11(2)32-19(17,4-22)5-27-14/h10-18,22H,4-9,38H2,1-3H3,(H,23,24)(H,25,26)/p-2/t10-,11-,12-,13?,14?,15?,16+,17+,18+,19?,20?,21?/m0/s1. The molecule has 1 N–H and O–H groups in total. The smallest absolute Gasteiger partial charge is 0.268 e. The second-order valence-corrected chi connectivity index (χ2v) is 14.2. The number of hydrogen-bond donors (Lipinski definition) is 1. The number of fused-ring (bicyclic) bond motifs is 6. The number of rotatable bonds is 12. The summed E-state index contributed by atoms with van der Waals surface area (Å²) in [7, 11) is -7.92. The van der Waals surface area contributed by atoms with Crippen molar-refractivity contribution in [1.29, 1.82) is 0 Å². The number of hydrogen-bond acceptors (Lipinski definition) is 16. The Morgan fingerprint density at radius 3 is 1.55 bits per heavy atom. The molecular weight excluding hydrogens is 601 g/mol. The lowest BCUT2D eigenvalue weighted by atomic mass is 10.0. The SMILES string of the molecule is C[C@@H]1OC2(COP(=O)([O-])O[C@@H]3C4OCC3(COP(=O)([O-])O[C@@H]3C5OCC3(CO)O[C@H]5C)O[C@H]4C)COC1[C@H]2OP. The molecule has 9 unspecified atom stereocenters. The first-order valence-corrected chi connectivity index (χ1v) is 16.3. The van der Waals surface area contributed by atoms with Crippen molar-refractivity contribution < 1.29 is 75.1 Å². The summed E-state index contributed by atoms with van der Waals surface area (Å²) in [5, 5.41) is 9.81. The van der Waals surface area contributed by atoms with Gasteiger partial charge in [-0.15, -0.1) is 0 Å². The summed E-state index contributed by atoms with van der Waals surface area (Å²) in [6, 6.07) is 0. The molecule has 40 heavy (non-hydrogen) atoms. The normalized spacial score (nSPS) is 51.9. The maximum Gasteiger partial charge on any atom is 0.268 e. The third-order valence-electron chi connectivity index (χ3n) is 8.49. The van der Waals surface area contributed by atoms with E-state index in [-0.39, 0.29) is 32.0 Å². The van der Waals surface area contributed by atoms with E-state index in [0.717, 1.165) is 0 Å². The van der Waals surface area contributed by atoms with Crippen molar-refractivity contribution in [2.75, 3.05) is 39.6 Å². The molecule has 230 valence electrons. The van der Waals surface area contributed by atoms with Gasteiger partial charge in [0, 0.05) is 9.47 Å². The molecule has 6 fully saturated rings. The predicted molar refractivity (Wildman–Crippen MR) is 128 cm³/mol. The summed E-state index contributed by atoms with van der Waals surface area (Å²) < 4.78 is 86.6. The topological polar surface area (TPSA) is 202 Å². The van der Waals surface area contributed by atoms with Crippen LogP contribution < -0.4 is 9.79 Å². The number of aliphatic hydroxyl groups is 1. The molecule has 0 amide bonds. The Bertz CT molecular complexity index is 1080. The third-order valence-corrected chi connectivity index (χ3v) is 10.6. The highest BCUT2D eigenvalue weighted by Gasteiger charge is 2.65. The molecule has 0 radical (unpaired) electrons. The number of phosphoric ester groups is 2. The first-order chi connectivity index (χ1) is 18.8. The van der Waals surface area contributed by atoms with Crippen LogP contribution in [0.5, 0.6) is 0 Å². The maximum atomic E-state index is 13.0. The fraction of sp³-hybridized carbons (Fsp3) is 1.00. The van der Waals surface area contributed by atoms with Gasteiger partial charge in [0.1, 0.15) is 53.4 Å². The fourth-order valence-electron chi connectivity index (χ4n) is 6.60. The van der Waals surface area contributed by atoms with Crippen molar-refractivity contribution in [3.63, 3.8) is 0 Å². The Labute approximate surface area is 232 Å². The van der Waals surface area contributed by atoms with Crippen LogP contribution >= 0.6 is 25.1 Å². The average Bonchev–Trinajstić information content (AvgIpc) is 3.69. The molecule has 0 aromatic rings. The van der Waals surface area contributed by atoms with E-state index in [1.807, 2.05) is 0 Å². The highest BCUT2D eigenvalue weighted by molar-refractivity contribution is 7.46. The first kappa shape index (κ1) is 30.4. The molecule has 6 heterocycles. The highest BCUT2D eigenvalue weighted by atomic mass is 31.2. The molecule has 0 aromatic heterocycles. The molecule has 6 aliphatic rings. The van der Waals surface area contributed by atoms with Crippen molar-refractivity contribution in [3.05, 3.63) is 0 Å². The Morgan fingerprint density at radius 1 is 0.750 bits per heavy atom. The van der Waals surface area contributed by atoms with Gasteiger partial charge in [0.05, 0.1) is 58.0 Å². The molecule has 0 saturated carbocycles. The molecule has 19 heteroatoms. The van der Waals surface area contributed by atoms with E-state index in [4.69, 9.17) is 51.0 Å². The van der Waals surface area contributed by atoms with Gasteiger partial charge in [-0.3, -0.25) is 9.13 Å². The zero-order valence-electron chi connectivity index (χ0n) is 22.0. The Balaban J connectivity index is 1.11. The molecule has 6 saturated heterocycles. The molecule has 0 spiro atoms. The second kappa shape index (κ2) is 10.5. The highest BCUT2D eigenvalue weighted by Crippen LogP contribution is 2.55. The van der Waals surface area contributed by atoms with Crippen molar-refractivity contribution in [2.24, 2.45) is 0 Å². The van der Waals surface area contributed by atoms with Crippen LogP contribution in [0, 0.1) is 0 Å². The zero-order valence-corrected chi connectivity index (χ0v) is 24.9. The van der Waals surface area contributed by atoms with Crippen molar-refractivity contribution >= 4 is 25.1 Å². The van der Waals surface area contributed by atoms with E-state index in [1.54, 1.807) is 20.8 Å². The number of ether oxygens (including phenoxy) is 6. The van der Waals surface area contributed by atoms with E-state index < -0.39 is 95.0 Å². The van der Waals surface area contributed by atoms with E-state index in [0.29, 0.717) is 0 Å². The van der Waals surface area contributed by atoms with E-state index in [2.05, 4.69) is 9.47 Å². The van der Waals surface area contributed by atoms with Crippen LogP contribution in [0.1, 0.15) is 20.8 Å². The minimum atomic E-state index is -5.03. The van der Waals surface area contributed by atoms with E-state index in [9.17, 15) is 24.0 Å². The summed E-state index contributed by atoms with van der Waals surface area (Å²) >= 11 is 0. The van der Waals surface area contributed by atoms with Crippen LogP contribution in [0.25, 0.3) is 0 Å². The van der Waals surface area contributed by atoms with E-state index in [1.165, 1.54) is 0 Å². The van der Waals surface area contributed by atoms with Gasteiger partial charge in [0.2, 0.25) is 0 Å². The minimum absolute atomic E-state index is 0.0417. The Hall–Kier alpha value is 0.330. The van der Waals surface area contributed by atoms with Gasteiger partial charge >= 0.3 is 0 Å². The zero-order chi connectivity index (χ0) is 28.7. The summed E-state index contributed by atoms with van der Waals surface area (Å²) in [5.74, 6) is 0. The van der Waals surface area contributed by atoms with Gasteiger partial charge in [-0.25, -0.2) is 0 Å². The fourth-order valence-corrected chi connectivity index (χ4v) is 9.05. The number of aliphatic hydroxyl groups excluding tert-OH is 1. The molecule has 0 aromatic carbocycles. The van der Waals surface area contributed by atoms with Crippen LogP contribution in [0.3, 0.4) is 0 Å². The lowest BCUT2D eigenvalue weighted by Crippen LogP contribution is -2.48. The molecule has 0 aliphatic carbocycles. The summed E-state index contributed by atoms with van der Waals surface area (Å²) in [4.78, 5) is 25.8. The van der Waals surface area contributed by atoms with Crippen molar-refractivity contribution in [2.45, 2.75) is 92.5 Å². The minimum Gasteiger partial charge on any atom is -0.756 e. The summed E-state index contributed by atoms with van der Waals surface area (Å²) in [6.45, 7) is 3.31. The third kappa shape index (κ3) is 4.91. The first-order valence-electron chi connectivity index (χ1n) is 12.9. The quantitative estimate of drug-likeness (QED) is 0.244. The van der Waals surface area contributed by atoms with Crippen LogP contribution in [-0.2, 0) is 60.2 Å². The molecule has 6 bridgehead atoms. The predicted octanol–water partition coefficient (Wildman–Crippen LogP) is -1.44. The van der Waals surface area contributed by atoms with Crippen LogP contribution in [0.2, 0.25) is 0 Å². The van der Waals surface area contributed by atoms with Crippen molar-refractivity contribution in [3.8, 4) is 0 Å². The van der Waals surface area contributed by atoms with Crippen LogP contribution in [0.15, 0.2) is 0 Å². The van der Waals surface area contributed by atoms with Gasteiger partial charge < -0.3 is 65.9 Å². The number of phosphoric acid groups is 2. The summed E-state index contributed by atoms with van der Waals surface area (Å²) in [5.41, 5.74) is -4.08. The van der Waals surface area contributed by atoms with E-state index >= 15 is 0 Å². The average molecular weight is 634 g/mol. The molecule has 6 rings (SSSR count). The lowest BCUT2D eigenvalue weighted by molar-refractivity contribution is -0.247. The van der Waals surface area contributed by atoms with Gasteiger partial charge in [-0.1, -0.05) is 0 Å². The van der Waals surface area contributed by atoms with Crippen molar-refractivity contribution in [1.82, 2.24) is 0 Å². The van der Waals surface area contributed by atoms with Gasteiger partial charge in [-0.05, 0) is 20.8 Å². The summed E-state index contributed by atoms with van der Waals surface area (Å²) in [6.07, 6.45) is -6.37. The van der Waals surface area contributed by atoms with Gasteiger partial charge in [0.15, 0.2) is 0 Å². The van der Waals surface area contributed by atoms with Crippen LogP contribution in [0.4, 0.5) is 0 Å². The lowest BCUT2D eigenvalue weighted by Gasteiger charge is -2.37. The molecule has 6 aliphatic heterocycles. The van der Waals surface area contributed by atoms with Gasteiger partial charge in [0.25, 0.3) is 15.6 Å². The Morgan fingerprint density at radius 2 is 1.12 bits per heavy atom. The molecule has 16 nitrogen and oxygen atoms in total. The second-order valence-electron chi connectivity index (χ2n) is 11.2. The molecular formula is C21H33O16P3-2. The monoisotopic (exact) mass is 634 g/mol. The largest absolute Gasteiger partial charge is 0.756 e. The molecule has 15 atom stereocenters. The van der Waals surface area contributed by atoms with Gasteiger partial charge in [-0.2, -0.15) is 0 Å². The maximum absolute atomic E-state index is 13.0.